The lowest BCUT2D eigenvalue weighted by atomic mass is 9.87. The normalized spacial score (nSPS) is 11.2. The van der Waals surface area contributed by atoms with Crippen LogP contribution < -0.4 is 4.90 Å². The number of rotatable bonds is 9. The van der Waals surface area contributed by atoms with Crippen molar-refractivity contribution < 1.29 is 4.42 Å². The lowest BCUT2D eigenvalue weighted by molar-refractivity contribution is 0.670. The monoisotopic (exact) mass is 791 g/mol. The molecule has 0 spiro atoms. The highest BCUT2D eigenvalue weighted by molar-refractivity contribution is 6.09. The van der Waals surface area contributed by atoms with Gasteiger partial charge in [0, 0.05) is 33.4 Å². The van der Waals surface area contributed by atoms with Crippen LogP contribution in [0.25, 0.3) is 88.7 Å². The number of anilines is 3. The Morgan fingerprint density at radius 3 is 1.10 bits per heavy atom. The van der Waals surface area contributed by atoms with Crippen molar-refractivity contribution in [2.75, 3.05) is 4.90 Å². The van der Waals surface area contributed by atoms with E-state index in [1.165, 1.54) is 50.1 Å². The second-order valence-electron chi connectivity index (χ2n) is 15.6. The molecule has 0 saturated heterocycles. The molecule has 1 heterocycles. The molecule has 11 rings (SSSR count). The lowest BCUT2D eigenvalue weighted by Gasteiger charge is -2.26. The summed E-state index contributed by atoms with van der Waals surface area (Å²) in [5.74, 6) is 0. The van der Waals surface area contributed by atoms with Crippen molar-refractivity contribution in [2.24, 2.45) is 0 Å². The number of furan rings is 1. The van der Waals surface area contributed by atoms with Crippen LogP contribution in [0, 0.1) is 0 Å². The average Bonchev–Trinajstić information content (AvgIpc) is 3.75. The highest BCUT2D eigenvalue weighted by atomic mass is 16.3. The zero-order valence-electron chi connectivity index (χ0n) is 34.0. The molecule has 0 N–H and O–H groups in total. The number of para-hydroxylation sites is 2. The number of fused-ring (bicyclic) bond motifs is 3. The van der Waals surface area contributed by atoms with E-state index in [0.29, 0.717) is 0 Å². The molecule has 2 heteroatoms. The Labute approximate surface area is 362 Å². The van der Waals surface area contributed by atoms with E-state index in [1.807, 2.05) is 12.1 Å². The largest absolute Gasteiger partial charge is 0.455 e. The SMILES string of the molecule is c1ccc(-c2ccc(N(c3ccc(-c4ccccc4-c4ccccc4-c4ccccc4-c4ccccc4)cc3)c3ccc(-c4cccc5c4oc4ccccc45)cc3)cc2)cc1. The summed E-state index contributed by atoms with van der Waals surface area (Å²) in [4.78, 5) is 2.34. The molecule has 0 aliphatic heterocycles. The van der Waals surface area contributed by atoms with E-state index in [1.54, 1.807) is 0 Å². The van der Waals surface area contributed by atoms with Crippen LogP contribution in [0.15, 0.2) is 253 Å². The van der Waals surface area contributed by atoms with Crippen LogP contribution >= 0.6 is 0 Å². The Hall–Kier alpha value is -8.20. The van der Waals surface area contributed by atoms with Crippen LogP contribution in [0.2, 0.25) is 0 Å². The highest BCUT2D eigenvalue weighted by Gasteiger charge is 2.18. The molecule has 0 unspecified atom stereocenters. The summed E-state index contributed by atoms with van der Waals surface area (Å²) < 4.78 is 6.43. The zero-order chi connectivity index (χ0) is 41.2. The molecule has 62 heavy (non-hydrogen) atoms. The molecule has 0 bridgehead atoms. The summed E-state index contributed by atoms with van der Waals surface area (Å²) in [6.45, 7) is 0. The van der Waals surface area contributed by atoms with E-state index in [-0.39, 0.29) is 0 Å². The van der Waals surface area contributed by atoms with E-state index in [4.69, 9.17) is 4.42 Å². The summed E-state index contributed by atoms with van der Waals surface area (Å²) >= 11 is 0. The van der Waals surface area contributed by atoms with Crippen LogP contribution in [0.1, 0.15) is 0 Å². The summed E-state index contributed by atoms with van der Waals surface area (Å²) in [7, 11) is 0. The van der Waals surface area contributed by atoms with Crippen molar-refractivity contribution in [3.05, 3.63) is 249 Å². The van der Waals surface area contributed by atoms with Gasteiger partial charge in [0.15, 0.2) is 0 Å². The summed E-state index contributed by atoms with van der Waals surface area (Å²) in [6.07, 6.45) is 0. The maximum Gasteiger partial charge on any atom is 0.143 e. The zero-order valence-corrected chi connectivity index (χ0v) is 34.0. The average molecular weight is 792 g/mol. The van der Waals surface area contributed by atoms with Crippen LogP contribution in [-0.2, 0) is 0 Å². The molecule has 0 aliphatic carbocycles. The number of nitrogens with zero attached hydrogens (tertiary/aromatic N) is 1. The molecule has 11 aromatic rings. The standard InChI is InChI=1S/C60H41NO/c1-3-16-42(17-4-1)43-30-36-47(37-31-43)61(49-40-34-46(35-41-49)52-27-15-28-58-57-26-13-14-29-59(57)62-60(52)58)48-38-32-45(33-39-48)51-21-8-10-23-54(51)56-25-12-11-24-55(56)53-22-9-7-20-50(53)44-18-5-2-6-19-44/h1-41H. The first-order valence-electron chi connectivity index (χ1n) is 21.2. The van der Waals surface area contributed by atoms with Crippen LogP contribution in [0.4, 0.5) is 17.1 Å². The molecule has 2 nitrogen and oxygen atoms in total. The fourth-order valence-electron chi connectivity index (χ4n) is 8.95. The molecule has 0 saturated carbocycles. The van der Waals surface area contributed by atoms with Crippen molar-refractivity contribution in [1.29, 1.82) is 0 Å². The predicted molar refractivity (Wildman–Crippen MR) is 261 cm³/mol. The Morgan fingerprint density at radius 1 is 0.226 bits per heavy atom. The van der Waals surface area contributed by atoms with Gasteiger partial charge >= 0.3 is 0 Å². The molecule has 10 aromatic carbocycles. The third kappa shape index (κ3) is 6.84. The first-order chi connectivity index (χ1) is 30.8. The third-order valence-electron chi connectivity index (χ3n) is 12.0. The Balaban J connectivity index is 0.979. The third-order valence-corrected chi connectivity index (χ3v) is 12.0. The van der Waals surface area contributed by atoms with Crippen molar-refractivity contribution in [3.63, 3.8) is 0 Å². The minimum Gasteiger partial charge on any atom is -0.455 e. The van der Waals surface area contributed by atoms with Gasteiger partial charge in [-0.3, -0.25) is 0 Å². The van der Waals surface area contributed by atoms with Gasteiger partial charge in [-0.15, -0.1) is 0 Å². The fourth-order valence-corrected chi connectivity index (χ4v) is 8.95. The van der Waals surface area contributed by atoms with Crippen molar-refractivity contribution in [2.45, 2.75) is 0 Å². The molecule has 0 amide bonds. The minimum absolute atomic E-state index is 0.903. The van der Waals surface area contributed by atoms with Gasteiger partial charge in [-0.1, -0.05) is 206 Å². The predicted octanol–water partition coefficient (Wildman–Crippen LogP) is 17.1. The lowest BCUT2D eigenvalue weighted by Crippen LogP contribution is -2.09. The van der Waals surface area contributed by atoms with E-state index >= 15 is 0 Å². The fraction of sp³-hybridized carbons (Fsp3) is 0. The van der Waals surface area contributed by atoms with Gasteiger partial charge in [-0.25, -0.2) is 0 Å². The first kappa shape index (κ1) is 36.8. The van der Waals surface area contributed by atoms with E-state index in [2.05, 4.69) is 241 Å². The highest BCUT2D eigenvalue weighted by Crippen LogP contribution is 2.43. The number of hydrogen-bond acceptors (Lipinski definition) is 2. The molecule has 0 atom stereocenters. The number of benzene rings is 10. The smallest absolute Gasteiger partial charge is 0.143 e. The topological polar surface area (TPSA) is 16.4 Å². The molecule has 0 fully saturated rings. The maximum atomic E-state index is 6.43. The van der Waals surface area contributed by atoms with Crippen LogP contribution in [0.3, 0.4) is 0 Å². The van der Waals surface area contributed by atoms with Gasteiger partial charge in [0.05, 0.1) is 0 Å². The second-order valence-corrected chi connectivity index (χ2v) is 15.6. The van der Waals surface area contributed by atoms with Gasteiger partial charge in [0.1, 0.15) is 11.2 Å². The summed E-state index contributed by atoms with van der Waals surface area (Å²) in [5, 5.41) is 2.26. The van der Waals surface area contributed by atoms with E-state index in [0.717, 1.165) is 55.7 Å². The second kappa shape index (κ2) is 16.1. The Morgan fingerprint density at radius 2 is 0.565 bits per heavy atom. The molecular formula is C60H41NO. The van der Waals surface area contributed by atoms with Crippen LogP contribution in [-0.4, -0.2) is 0 Å². The van der Waals surface area contributed by atoms with Crippen molar-refractivity contribution in [3.8, 4) is 66.8 Å². The first-order valence-corrected chi connectivity index (χ1v) is 21.2. The Bertz CT molecular complexity index is 3310. The van der Waals surface area contributed by atoms with Gasteiger partial charge in [-0.2, -0.15) is 0 Å². The summed E-state index contributed by atoms with van der Waals surface area (Å²) in [6, 6.07) is 88.9. The Kier molecular flexibility index (Phi) is 9.57. The van der Waals surface area contributed by atoms with E-state index < -0.39 is 0 Å². The quantitative estimate of drug-likeness (QED) is 0.145. The molecular weight excluding hydrogens is 751 g/mol. The van der Waals surface area contributed by atoms with Gasteiger partial charge in [0.25, 0.3) is 0 Å². The van der Waals surface area contributed by atoms with Gasteiger partial charge in [0.2, 0.25) is 0 Å². The number of hydrogen-bond donors (Lipinski definition) is 0. The molecule has 1 aromatic heterocycles. The molecule has 0 radical (unpaired) electrons. The summed E-state index contributed by atoms with van der Waals surface area (Å²) in [5.41, 5.74) is 19.2. The van der Waals surface area contributed by atoms with Gasteiger partial charge < -0.3 is 9.32 Å². The van der Waals surface area contributed by atoms with Crippen molar-refractivity contribution >= 4 is 39.0 Å². The van der Waals surface area contributed by atoms with Crippen LogP contribution in [0.5, 0.6) is 0 Å². The molecule has 0 aliphatic rings. The van der Waals surface area contributed by atoms with E-state index in [9.17, 15) is 0 Å². The molecule has 292 valence electrons. The van der Waals surface area contributed by atoms with Crippen molar-refractivity contribution in [1.82, 2.24) is 0 Å². The van der Waals surface area contributed by atoms with Gasteiger partial charge in [-0.05, 0) is 104 Å². The minimum atomic E-state index is 0.903. The maximum absolute atomic E-state index is 6.43.